The van der Waals surface area contributed by atoms with Gasteiger partial charge in [0.25, 0.3) is 5.56 Å². The van der Waals surface area contributed by atoms with E-state index in [9.17, 15) is 4.79 Å². The molecule has 1 saturated carbocycles. The van der Waals surface area contributed by atoms with Gasteiger partial charge in [-0.15, -0.1) is 0 Å². The topological polar surface area (TPSA) is 41.4 Å². The highest BCUT2D eigenvalue weighted by Gasteiger charge is 2.27. The molecule has 2 fully saturated rings. The van der Waals surface area contributed by atoms with E-state index in [1.807, 2.05) is 0 Å². The van der Waals surface area contributed by atoms with Crippen molar-refractivity contribution in [1.82, 2.24) is 14.7 Å². The molecule has 0 amide bonds. The van der Waals surface area contributed by atoms with Crippen molar-refractivity contribution in [2.75, 3.05) is 37.6 Å². The molecule has 2 heterocycles. The zero-order chi connectivity index (χ0) is 13.4. The highest BCUT2D eigenvalue weighted by atomic mass is 79.9. The predicted molar refractivity (Wildman–Crippen MR) is 78.6 cm³/mol. The Hall–Kier alpha value is -0.880. The fraction of sp³-hybridized carbons (Fsp3) is 0.692. The summed E-state index contributed by atoms with van der Waals surface area (Å²) in [6.07, 6.45) is 4.59. The van der Waals surface area contributed by atoms with E-state index in [4.69, 9.17) is 0 Å². The van der Waals surface area contributed by atoms with E-state index in [0.717, 1.165) is 37.8 Å². The lowest BCUT2D eigenvalue weighted by molar-refractivity contribution is 0.248. The highest BCUT2D eigenvalue weighted by molar-refractivity contribution is 9.10. The summed E-state index contributed by atoms with van der Waals surface area (Å²) in [5, 5.41) is 4.11. The molecule has 19 heavy (non-hydrogen) atoms. The van der Waals surface area contributed by atoms with Gasteiger partial charge < -0.3 is 4.90 Å². The monoisotopic (exact) mass is 326 g/mol. The molecule has 0 spiro atoms. The van der Waals surface area contributed by atoms with Crippen LogP contribution in [-0.4, -0.2) is 47.4 Å². The van der Waals surface area contributed by atoms with Gasteiger partial charge in [-0.05, 0) is 34.7 Å². The molecule has 1 saturated heterocycles. The van der Waals surface area contributed by atoms with E-state index in [0.29, 0.717) is 4.47 Å². The normalized spacial score (nSPS) is 20.8. The van der Waals surface area contributed by atoms with Gasteiger partial charge in [-0.25, -0.2) is 4.68 Å². The van der Waals surface area contributed by atoms with Gasteiger partial charge in [0.15, 0.2) is 0 Å². The van der Waals surface area contributed by atoms with Gasteiger partial charge in [0, 0.05) is 39.8 Å². The molecule has 1 aromatic heterocycles. The van der Waals surface area contributed by atoms with Gasteiger partial charge in [0.05, 0.1) is 11.9 Å². The molecule has 1 aliphatic heterocycles. The molecule has 3 rings (SSSR count). The van der Waals surface area contributed by atoms with Crippen molar-refractivity contribution in [3.63, 3.8) is 0 Å². The lowest BCUT2D eigenvalue weighted by atomic mass is 10.2. The standard InChI is InChI=1S/C13H19BrN4O/c1-16-13(19)12(14)11(8-15-16)18-6-4-17(5-7-18)9-10-2-3-10/h8,10H,2-7,9H2,1H3. The Balaban J connectivity index is 1.67. The van der Waals surface area contributed by atoms with Crippen molar-refractivity contribution in [2.45, 2.75) is 12.8 Å². The fourth-order valence-corrected chi connectivity index (χ4v) is 3.17. The van der Waals surface area contributed by atoms with Crippen molar-refractivity contribution in [1.29, 1.82) is 0 Å². The summed E-state index contributed by atoms with van der Waals surface area (Å²) < 4.78 is 1.98. The summed E-state index contributed by atoms with van der Waals surface area (Å²) in [4.78, 5) is 16.7. The van der Waals surface area contributed by atoms with Crippen molar-refractivity contribution < 1.29 is 0 Å². The summed E-state index contributed by atoms with van der Waals surface area (Å²) in [7, 11) is 1.67. The lowest BCUT2D eigenvalue weighted by Crippen LogP contribution is -2.47. The van der Waals surface area contributed by atoms with Crippen molar-refractivity contribution in [3.8, 4) is 0 Å². The van der Waals surface area contributed by atoms with Crippen molar-refractivity contribution in [2.24, 2.45) is 13.0 Å². The maximum absolute atomic E-state index is 11.9. The van der Waals surface area contributed by atoms with Crippen LogP contribution in [0.4, 0.5) is 5.69 Å². The second kappa shape index (κ2) is 5.25. The van der Waals surface area contributed by atoms with Gasteiger partial charge in [0.2, 0.25) is 0 Å². The average molecular weight is 327 g/mol. The largest absolute Gasteiger partial charge is 0.367 e. The highest BCUT2D eigenvalue weighted by Crippen LogP contribution is 2.30. The first kappa shape index (κ1) is 13.1. The number of aryl methyl sites for hydroxylation is 1. The number of piperazine rings is 1. The lowest BCUT2D eigenvalue weighted by Gasteiger charge is -2.36. The van der Waals surface area contributed by atoms with E-state index >= 15 is 0 Å². The van der Waals surface area contributed by atoms with Crippen LogP contribution in [-0.2, 0) is 7.05 Å². The zero-order valence-electron chi connectivity index (χ0n) is 11.2. The molecule has 5 nitrogen and oxygen atoms in total. The SMILES string of the molecule is Cn1ncc(N2CCN(CC3CC3)CC2)c(Br)c1=O. The summed E-state index contributed by atoms with van der Waals surface area (Å²) in [5.41, 5.74) is 0.854. The minimum atomic E-state index is -0.0714. The molecule has 0 N–H and O–H groups in total. The summed E-state index contributed by atoms with van der Waals surface area (Å²) in [6.45, 7) is 5.36. The number of anilines is 1. The minimum Gasteiger partial charge on any atom is -0.367 e. The minimum absolute atomic E-state index is 0.0714. The second-order valence-electron chi connectivity index (χ2n) is 5.50. The fourth-order valence-electron chi connectivity index (χ4n) is 2.56. The molecular weight excluding hydrogens is 308 g/mol. The van der Waals surface area contributed by atoms with Crippen LogP contribution >= 0.6 is 15.9 Å². The molecule has 1 aromatic rings. The quantitative estimate of drug-likeness (QED) is 0.833. The Labute approximate surface area is 121 Å². The number of aromatic nitrogens is 2. The number of rotatable bonds is 3. The van der Waals surface area contributed by atoms with Crippen molar-refractivity contribution in [3.05, 3.63) is 21.0 Å². The van der Waals surface area contributed by atoms with Crippen LogP contribution in [0.15, 0.2) is 15.5 Å². The maximum Gasteiger partial charge on any atom is 0.282 e. The Morgan fingerprint density at radius 3 is 2.63 bits per heavy atom. The van der Waals surface area contributed by atoms with Gasteiger partial charge in [-0.2, -0.15) is 5.10 Å². The van der Waals surface area contributed by atoms with Gasteiger partial charge in [-0.1, -0.05) is 0 Å². The Kier molecular flexibility index (Phi) is 3.62. The van der Waals surface area contributed by atoms with E-state index in [1.54, 1.807) is 13.2 Å². The third-order valence-corrected chi connectivity index (χ3v) is 4.73. The van der Waals surface area contributed by atoms with Crippen LogP contribution in [0.3, 0.4) is 0 Å². The van der Waals surface area contributed by atoms with Crippen molar-refractivity contribution >= 4 is 21.6 Å². The molecule has 0 bridgehead atoms. The van der Waals surface area contributed by atoms with Crippen LogP contribution in [0.2, 0.25) is 0 Å². The summed E-state index contributed by atoms with van der Waals surface area (Å²) >= 11 is 3.40. The van der Waals surface area contributed by atoms with E-state index < -0.39 is 0 Å². The molecule has 0 aromatic carbocycles. The van der Waals surface area contributed by atoms with Crippen LogP contribution < -0.4 is 10.5 Å². The molecule has 0 unspecified atom stereocenters. The molecule has 1 aliphatic carbocycles. The van der Waals surface area contributed by atoms with Gasteiger partial charge in [-0.3, -0.25) is 9.69 Å². The third kappa shape index (κ3) is 2.84. The van der Waals surface area contributed by atoms with E-state index in [2.05, 4.69) is 30.8 Å². The molecule has 6 heteroatoms. The first-order valence-electron chi connectivity index (χ1n) is 6.84. The molecule has 0 atom stereocenters. The number of nitrogens with zero attached hydrogens (tertiary/aromatic N) is 4. The van der Waals surface area contributed by atoms with Gasteiger partial charge in [0.1, 0.15) is 4.47 Å². The second-order valence-corrected chi connectivity index (χ2v) is 6.30. The number of hydrogen-bond donors (Lipinski definition) is 0. The molecule has 104 valence electrons. The molecule has 0 radical (unpaired) electrons. The van der Waals surface area contributed by atoms with Gasteiger partial charge >= 0.3 is 0 Å². The van der Waals surface area contributed by atoms with E-state index in [1.165, 1.54) is 24.1 Å². The summed E-state index contributed by atoms with van der Waals surface area (Å²) in [6, 6.07) is 0. The first-order chi connectivity index (χ1) is 9.15. The first-order valence-corrected chi connectivity index (χ1v) is 7.63. The number of halogens is 1. The van der Waals surface area contributed by atoms with Crippen LogP contribution in [0.1, 0.15) is 12.8 Å². The average Bonchev–Trinajstić information content (AvgIpc) is 3.22. The third-order valence-electron chi connectivity index (χ3n) is 3.99. The van der Waals surface area contributed by atoms with Crippen LogP contribution in [0, 0.1) is 5.92 Å². The van der Waals surface area contributed by atoms with Crippen LogP contribution in [0.5, 0.6) is 0 Å². The predicted octanol–water partition coefficient (Wildman–Crippen LogP) is 1.07. The maximum atomic E-state index is 11.9. The van der Waals surface area contributed by atoms with Crippen LogP contribution in [0.25, 0.3) is 0 Å². The molecular formula is C13H19BrN4O. The Morgan fingerprint density at radius 2 is 2.00 bits per heavy atom. The molecule has 2 aliphatic rings. The van der Waals surface area contributed by atoms with E-state index in [-0.39, 0.29) is 5.56 Å². The smallest absolute Gasteiger partial charge is 0.282 e. The summed E-state index contributed by atoms with van der Waals surface area (Å²) in [5.74, 6) is 0.948. The Bertz CT molecular complexity index is 518. The number of hydrogen-bond acceptors (Lipinski definition) is 4. The zero-order valence-corrected chi connectivity index (χ0v) is 12.8. The Morgan fingerprint density at radius 1 is 1.32 bits per heavy atom.